The minimum Gasteiger partial charge on any atom is -0.492 e. The maximum Gasteiger partial charge on any atom is 0.225 e. The summed E-state index contributed by atoms with van der Waals surface area (Å²) in [6, 6.07) is 8.37. The first-order valence-electron chi connectivity index (χ1n) is 8.49. The Bertz CT molecular complexity index is 549. The fourth-order valence-electron chi connectivity index (χ4n) is 3.43. The summed E-state index contributed by atoms with van der Waals surface area (Å²) in [5.74, 6) is 1.17. The molecule has 0 bridgehead atoms. The van der Waals surface area contributed by atoms with Crippen LogP contribution in [0.1, 0.15) is 18.9 Å². The number of fused-ring (bicyclic) bond motifs is 1. The van der Waals surface area contributed by atoms with Crippen LogP contribution in [0.15, 0.2) is 24.3 Å². The zero-order valence-corrected chi connectivity index (χ0v) is 14.0. The third-order valence-electron chi connectivity index (χ3n) is 4.87. The molecule has 0 spiro atoms. The molecule has 2 heterocycles. The van der Waals surface area contributed by atoms with Gasteiger partial charge in [-0.05, 0) is 18.1 Å². The summed E-state index contributed by atoms with van der Waals surface area (Å²) in [5.41, 5.74) is 1.24. The minimum atomic E-state index is 0.134. The quantitative estimate of drug-likeness (QED) is 0.826. The highest BCUT2D eigenvalue weighted by atomic mass is 16.5. The minimum absolute atomic E-state index is 0.134. The zero-order valence-electron chi connectivity index (χ0n) is 14.0. The Morgan fingerprint density at radius 1 is 1.30 bits per heavy atom. The van der Waals surface area contributed by atoms with E-state index < -0.39 is 0 Å². The number of hydrogen-bond donors (Lipinski definition) is 0. The van der Waals surface area contributed by atoms with Crippen LogP contribution in [0.3, 0.4) is 0 Å². The van der Waals surface area contributed by atoms with E-state index in [0.717, 1.165) is 31.8 Å². The van der Waals surface area contributed by atoms with Gasteiger partial charge in [-0.2, -0.15) is 0 Å². The number of likely N-dealkylation sites (N-methyl/N-ethyl adjacent to an activating group) is 1. The zero-order chi connectivity index (χ0) is 16.2. The Morgan fingerprint density at radius 2 is 2.13 bits per heavy atom. The predicted octanol–water partition coefficient (Wildman–Crippen LogP) is 1.56. The summed E-state index contributed by atoms with van der Waals surface area (Å²) in [7, 11) is 1.90. The number of hydrogen-bond acceptors (Lipinski definition) is 4. The van der Waals surface area contributed by atoms with E-state index in [1.807, 2.05) is 30.1 Å². The van der Waals surface area contributed by atoms with Gasteiger partial charge in [0.1, 0.15) is 12.4 Å². The van der Waals surface area contributed by atoms with Crippen molar-refractivity contribution in [2.24, 2.45) is 0 Å². The van der Waals surface area contributed by atoms with Gasteiger partial charge in [0.2, 0.25) is 5.91 Å². The van der Waals surface area contributed by atoms with Crippen molar-refractivity contribution in [2.75, 3.05) is 39.9 Å². The molecule has 0 unspecified atom stereocenters. The van der Waals surface area contributed by atoms with Crippen molar-refractivity contribution in [3.05, 3.63) is 29.8 Å². The van der Waals surface area contributed by atoms with Crippen LogP contribution in [0.25, 0.3) is 0 Å². The highest BCUT2D eigenvalue weighted by Gasteiger charge is 2.39. The number of para-hydroxylation sites is 1. The van der Waals surface area contributed by atoms with Crippen molar-refractivity contribution in [1.29, 1.82) is 0 Å². The van der Waals surface area contributed by atoms with Gasteiger partial charge in [0, 0.05) is 26.7 Å². The Balaban J connectivity index is 1.51. The lowest BCUT2D eigenvalue weighted by Gasteiger charge is -2.25. The third kappa shape index (κ3) is 3.67. The summed E-state index contributed by atoms with van der Waals surface area (Å²) in [5, 5.41) is 0. The first kappa shape index (κ1) is 16.3. The van der Waals surface area contributed by atoms with Crippen molar-refractivity contribution in [3.8, 4) is 5.75 Å². The van der Waals surface area contributed by atoms with Gasteiger partial charge in [-0.15, -0.1) is 0 Å². The van der Waals surface area contributed by atoms with E-state index >= 15 is 0 Å². The number of benzene rings is 1. The average Bonchev–Trinajstić information content (AvgIpc) is 2.92. The molecule has 126 valence electrons. The first-order chi connectivity index (χ1) is 11.2. The molecule has 2 fully saturated rings. The number of nitrogens with zero attached hydrogens (tertiary/aromatic N) is 2. The van der Waals surface area contributed by atoms with Gasteiger partial charge in [-0.1, -0.05) is 25.1 Å². The molecule has 1 aromatic rings. The lowest BCUT2D eigenvalue weighted by atomic mass is 10.1. The van der Waals surface area contributed by atoms with Gasteiger partial charge in [-0.3, -0.25) is 9.69 Å². The third-order valence-corrected chi connectivity index (χ3v) is 4.87. The normalized spacial score (nSPS) is 25.3. The SMILES string of the molecule is CCc1ccccc1OCCN1C[C@@H]2OCCC(=O)N(C)[C@H]2C1. The van der Waals surface area contributed by atoms with Gasteiger partial charge in [0.05, 0.1) is 25.2 Å². The summed E-state index contributed by atoms with van der Waals surface area (Å²) < 4.78 is 11.8. The molecule has 2 aliphatic heterocycles. The Labute approximate surface area is 138 Å². The smallest absolute Gasteiger partial charge is 0.225 e. The fraction of sp³-hybridized carbons (Fsp3) is 0.611. The van der Waals surface area contributed by atoms with Gasteiger partial charge in [0.15, 0.2) is 0 Å². The summed E-state index contributed by atoms with van der Waals surface area (Å²) in [6.07, 6.45) is 1.61. The molecule has 0 aromatic heterocycles. The second-order valence-electron chi connectivity index (χ2n) is 6.30. The van der Waals surface area contributed by atoms with Gasteiger partial charge >= 0.3 is 0 Å². The molecule has 23 heavy (non-hydrogen) atoms. The number of ether oxygens (including phenoxy) is 2. The largest absolute Gasteiger partial charge is 0.492 e. The highest BCUT2D eigenvalue weighted by Crippen LogP contribution is 2.22. The average molecular weight is 318 g/mol. The fourth-order valence-corrected chi connectivity index (χ4v) is 3.43. The Kier molecular flexibility index (Phi) is 5.18. The maximum atomic E-state index is 11.9. The van der Waals surface area contributed by atoms with E-state index in [2.05, 4.69) is 17.9 Å². The van der Waals surface area contributed by atoms with Crippen LogP contribution in [0.2, 0.25) is 0 Å². The van der Waals surface area contributed by atoms with Crippen molar-refractivity contribution in [1.82, 2.24) is 9.80 Å². The van der Waals surface area contributed by atoms with Crippen LogP contribution in [-0.4, -0.2) is 67.7 Å². The van der Waals surface area contributed by atoms with Crippen LogP contribution in [-0.2, 0) is 16.0 Å². The number of amides is 1. The Hall–Kier alpha value is -1.59. The highest BCUT2D eigenvalue weighted by molar-refractivity contribution is 5.76. The molecular weight excluding hydrogens is 292 g/mol. The number of rotatable bonds is 5. The van der Waals surface area contributed by atoms with Crippen molar-refractivity contribution in [2.45, 2.75) is 31.9 Å². The standard InChI is InChI=1S/C18H26N2O3/c1-3-14-6-4-5-7-16(14)23-11-9-20-12-15-17(13-20)22-10-8-18(21)19(15)2/h4-7,15,17H,3,8-13H2,1-2H3/t15-,17-/m0/s1. The van der Waals surface area contributed by atoms with Gasteiger partial charge in [-0.25, -0.2) is 0 Å². The molecule has 0 aliphatic carbocycles. The van der Waals surface area contributed by atoms with Crippen molar-refractivity contribution in [3.63, 3.8) is 0 Å². The van der Waals surface area contributed by atoms with E-state index in [0.29, 0.717) is 19.6 Å². The second-order valence-corrected chi connectivity index (χ2v) is 6.30. The molecule has 0 radical (unpaired) electrons. The monoisotopic (exact) mass is 318 g/mol. The van der Waals surface area contributed by atoms with E-state index in [4.69, 9.17) is 9.47 Å². The van der Waals surface area contributed by atoms with Crippen LogP contribution < -0.4 is 4.74 Å². The summed E-state index contributed by atoms with van der Waals surface area (Å²) >= 11 is 0. The lowest BCUT2D eigenvalue weighted by molar-refractivity contribution is -0.131. The first-order valence-corrected chi connectivity index (χ1v) is 8.49. The summed E-state index contributed by atoms with van der Waals surface area (Å²) in [4.78, 5) is 16.1. The molecular formula is C18H26N2O3. The van der Waals surface area contributed by atoms with E-state index in [1.165, 1.54) is 5.56 Å². The number of aryl methyl sites for hydroxylation is 1. The molecule has 0 saturated carbocycles. The number of carbonyl (C=O) groups excluding carboxylic acids is 1. The molecule has 0 N–H and O–H groups in total. The molecule has 2 atom stereocenters. The van der Waals surface area contributed by atoms with E-state index in [9.17, 15) is 4.79 Å². The van der Waals surface area contributed by atoms with Gasteiger partial charge < -0.3 is 14.4 Å². The number of likely N-dealkylation sites (tertiary alicyclic amines) is 1. The Morgan fingerprint density at radius 3 is 2.96 bits per heavy atom. The molecule has 3 rings (SSSR count). The number of carbonyl (C=O) groups is 1. The van der Waals surface area contributed by atoms with Crippen LogP contribution in [0.4, 0.5) is 0 Å². The topological polar surface area (TPSA) is 42.0 Å². The van der Waals surface area contributed by atoms with Gasteiger partial charge in [0.25, 0.3) is 0 Å². The lowest BCUT2D eigenvalue weighted by Crippen LogP contribution is -2.42. The van der Waals surface area contributed by atoms with Crippen LogP contribution in [0, 0.1) is 0 Å². The van der Waals surface area contributed by atoms with Crippen molar-refractivity contribution < 1.29 is 14.3 Å². The van der Waals surface area contributed by atoms with E-state index in [1.54, 1.807) is 0 Å². The molecule has 2 aliphatic rings. The predicted molar refractivity (Wildman–Crippen MR) is 88.7 cm³/mol. The van der Waals surface area contributed by atoms with Crippen molar-refractivity contribution >= 4 is 5.91 Å². The second kappa shape index (κ2) is 7.32. The molecule has 1 aromatic carbocycles. The molecule has 5 nitrogen and oxygen atoms in total. The summed E-state index contributed by atoms with van der Waals surface area (Å²) in [6.45, 7) is 5.94. The molecule has 5 heteroatoms. The maximum absolute atomic E-state index is 11.9. The van der Waals surface area contributed by atoms with E-state index in [-0.39, 0.29) is 18.1 Å². The molecule has 1 amide bonds. The van der Waals surface area contributed by atoms with Crippen LogP contribution in [0.5, 0.6) is 5.75 Å². The molecule has 2 saturated heterocycles. The van der Waals surface area contributed by atoms with Crippen LogP contribution >= 0.6 is 0 Å².